The van der Waals surface area contributed by atoms with Crippen LogP contribution >= 0.6 is 0 Å². The monoisotopic (exact) mass is 317 g/mol. The summed E-state index contributed by atoms with van der Waals surface area (Å²) in [5.41, 5.74) is 0.356. The second-order valence-corrected chi connectivity index (χ2v) is 7.32. The fourth-order valence-electron chi connectivity index (χ4n) is 5.30. The van der Waals surface area contributed by atoms with Gasteiger partial charge >= 0.3 is 0 Å². The number of carbonyl (C=O) groups is 1. The van der Waals surface area contributed by atoms with Crippen LogP contribution in [0, 0.1) is 0 Å². The number of phenols is 1. The molecule has 2 bridgehead atoms. The van der Waals surface area contributed by atoms with Crippen molar-refractivity contribution in [1.82, 2.24) is 4.90 Å². The number of hydrogen-bond donors (Lipinski definition) is 2. The van der Waals surface area contributed by atoms with Crippen LogP contribution < -0.4 is 4.74 Å². The number of carbonyl (C=O) groups excluding carboxylic acids is 1. The molecule has 4 rings (SSSR count). The quantitative estimate of drug-likeness (QED) is 0.819. The highest BCUT2D eigenvalue weighted by Gasteiger charge is 2.65. The van der Waals surface area contributed by atoms with Crippen LogP contribution in [0.4, 0.5) is 0 Å². The third kappa shape index (κ3) is 1.72. The number of methoxy groups -OCH3 is 1. The minimum Gasteiger partial charge on any atom is -0.504 e. The molecule has 0 spiro atoms. The van der Waals surface area contributed by atoms with Gasteiger partial charge in [0, 0.05) is 29.9 Å². The van der Waals surface area contributed by atoms with Crippen LogP contribution in [0.5, 0.6) is 11.5 Å². The predicted octanol–water partition coefficient (Wildman–Crippen LogP) is 1.38. The van der Waals surface area contributed by atoms with E-state index >= 15 is 0 Å². The first kappa shape index (κ1) is 15.0. The Morgan fingerprint density at radius 2 is 2.13 bits per heavy atom. The average molecular weight is 317 g/mol. The molecule has 2 N–H and O–H groups in total. The van der Waals surface area contributed by atoms with Crippen LogP contribution in [0.1, 0.15) is 36.8 Å². The van der Waals surface area contributed by atoms with Crippen LogP contribution in [-0.2, 0) is 16.6 Å². The maximum Gasteiger partial charge on any atom is 0.164 e. The number of likely N-dealkylation sites (N-methyl/N-ethyl adjacent to an activating group) is 1. The molecule has 23 heavy (non-hydrogen) atoms. The molecule has 1 heterocycles. The molecule has 0 amide bonds. The molecular formula is C18H23NO4. The molecule has 1 aromatic carbocycles. The lowest BCUT2D eigenvalue weighted by atomic mass is 9.49. The first-order valence-corrected chi connectivity index (χ1v) is 8.26. The lowest BCUT2D eigenvalue weighted by Gasteiger charge is -2.62. The van der Waals surface area contributed by atoms with E-state index in [-0.39, 0.29) is 17.6 Å². The maximum atomic E-state index is 12.3. The Hall–Kier alpha value is -1.59. The topological polar surface area (TPSA) is 70.0 Å². The van der Waals surface area contributed by atoms with E-state index in [1.807, 2.05) is 13.1 Å². The average Bonchev–Trinajstić information content (AvgIpc) is 2.52. The van der Waals surface area contributed by atoms with Gasteiger partial charge in [0.15, 0.2) is 11.5 Å². The molecule has 2 aliphatic carbocycles. The number of ether oxygens (including phenoxy) is 1. The van der Waals surface area contributed by atoms with Gasteiger partial charge in [0.25, 0.3) is 0 Å². The summed E-state index contributed by atoms with van der Waals surface area (Å²) >= 11 is 0. The number of Topliss-reactive ketones (excluding diaryl/α,β-unsaturated/α-hetero) is 1. The molecule has 1 aromatic rings. The zero-order chi connectivity index (χ0) is 16.4. The molecule has 1 saturated heterocycles. The number of rotatable bonds is 1. The smallest absolute Gasteiger partial charge is 0.164 e. The zero-order valence-corrected chi connectivity index (χ0v) is 13.6. The number of nitrogens with zero attached hydrogens (tertiary/aromatic N) is 1. The third-order valence-electron chi connectivity index (χ3n) is 6.41. The molecule has 3 atom stereocenters. The highest BCUT2D eigenvalue weighted by molar-refractivity contribution is 5.83. The second-order valence-electron chi connectivity index (χ2n) is 7.32. The Bertz CT molecular complexity index is 688. The van der Waals surface area contributed by atoms with E-state index in [4.69, 9.17) is 4.74 Å². The molecule has 0 radical (unpaired) electrons. The Morgan fingerprint density at radius 1 is 1.35 bits per heavy atom. The lowest BCUT2D eigenvalue weighted by molar-refractivity contribution is -0.169. The minimum atomic E-state index is -0.942. The zero-order valence-electron chi connectivity index (χ0n) is 13.6. The number of piperidine rings is 1. The van der Waals surface area contributed by atoms with Crippen molar-refractivity contribution < 1.29 is 19.7 Å². The molecule has 0 unspecified atom stereocenters. The Kier molecular flexibility index (Phi) is 3.06. The standard InChI is InChI=1S/C18H23NO4/c1-19-8-7-17-10-12(20)5-6-18(17,22)14(19)9-11-3-4-13(21)16(23-2)15(11)17/h3-4,14,21-22H,5-10H2,1-2H3/t14-,17-,18+/m0/s1. The SMILES string of the molecule is COc1c(O)ccc2c1[C@@]13CCN(C)[C@@H](C2)[C@]1(O)CCC(=O)C3. The van der Waals surface area contributed by atoms with Gasteiger partial charge in [-0.2, -0.15) is 0 Å². The van der Waals surface area contributed by atoms with Gasteiger partial charge in [-0.1, -0.05) is 6.07 Å². The molecule has 3 aliphatic rings. The highest BCUT2D eigenvalue weighted by atomic mass is 16.5. The molecule has 2 fully saturated rings. The molecule has 5 nitrogen and oxygen atoms in total. The maximum absolute atomic E-state index is 12.3. The summed E-state index contributed by atoms with van der Waals surface area (Å²) in [6, 6.07) is 3.57. The summed E-state index contributed by atoms with van der Waals surface area (Å²) in [4.78, 5) is 14.5. The van der Waals surface area contributed by atoms with Gasteiger partial charge in [0.05, 0.1) is 12.7 Å². The van der Waals surface area contributed by atoms with E-state index in [0.29, 0.717) is 31.4 Å². The predicted molar refractivity (Wildman–Crippen MR) is 84.9 cm³/mol. The summed E-state index contributed by atoms with van der Waals surface area (Å²) in [5, 5.41) is 21.9. The van der Waals surface area contributed by atoms with Crippen molar-refractivity contribution in [3.8, 4) is 11.5 Å². The van der Waals surface area contributed by atoms with Crippen molar-refractivity contribution in [2.75, 3.05) is 20.7 Å². The number of fused-ring (bicyclic) bond motifs is 1. The van der Waals surface area contributed by atoms with Crippen LogP contribution in [0.25, 0.3) is 0 Å². The normalized spacial score (nSPS) is 36.3. The number of benzene rings is 1. The van der Waals surface area contributed by atoms with Crippen LogP contribution in [0.2, 0.25) is 0 Å². The van der Waals surface area contributed by atoms with E-state index < -0.39 is 11.0 Å². The number of hydrogen-bond acceptors (Lipinski definition) is 5. The van der Waals surface area contributed by atoms with E-state index in [1.165, 1.54) is 7.11 Å². The van der Waals surface area contributed by atoms with Crippen molar-refractivity contribution >= 4 is 5.78 Å². The summed E-state index contributed by atoms with van der Waals surface area (Å²) < 4.78 is 5.50. The van der Waals surface area contributed by atoms with Crippen molar-refractivity contribution in [3.05, 3.63) is 23.3 Å². The van der Waals surface area contributed by atoms with Gasteiger partial charge in [0.2, 0.25) is 0 Å². The van der Waals surface area contributed by atoms with Crippen molar-refractivity contribution in [3.63, 3.8) is 0 Å². The molecule has 124 valence electrons. The summed E-state index contributed by atoms with van der Waals surface area (Å²) in [7, 11) is 3.59. The van der Waals surface area contributed by atoms with E-state index in [2.05, 4.69) is 4.90 Å². The number of aromatic hydroxyl groups is 1. The van der Waals surface area contributed by atoms with E-state index in [9.17, 15) is 15.0 Å². The van der Waals surface area contributed by atoms with Gasteiger partial charge in [-0.15, -0.1) is 0 Å². The first-order valence-electron chi connectivity index (χ1n) is 8.26. The molecule has 1 saturated carbocycles. The van der Waals surface area contributed by atoms with Crippen LogP contribution in [-0.4, -0.2) is 53.2 Å². The second kappa shape index (κ2) is 4.71. The van der Waals surface area contributed by atoms with Crippen molar-refractivity contribution in [2.45, 2.75) is 49.2 Å². The number of likely N-dealkylation sites (tertiary alicyclic amines) is 1. The number of aliphatic hydroxyl groups is 1. The first-order chi connectivity index (χ1) is 10.9. The van der Waals surface area contributed by atoms with Gasteiger partial charge in [-0.25, -0.2) is 0 Å². The van der Waals surface area contributed by atoms with E-state index in [1.54, 1.807) is 6.07 Å². The van der Waals surface area contributed by atoms with Gasteiger partial charge in [-0.3, -0.25) is 4.79 Å². The Balaban J connectivity index is 2.03. The largest absolute Gasteiger partial charge is 0.504 e. The van der Waals surface area contributed by atoms with Gasteiger partial charge in [-0.05, 0) is 44.5 Å². The molecule has 1 aliphatic heterocycles. The summed E-state index contributed by atoms with van der Waals surface area (Å²) in [5.74, 6) is 0.702. The van der Waals surface area contributed by atoms with Gasteiger partial charge in [0.1, 0.15) is 5.78 Å². The summed E-state index contributed by atoms with van der Waals surface area (Å²) in [6.07, 6.45) is 2.67. The lowest BCUT2D eigenvalue weighted by Crippen LogP contribution is -2.72. The van der Waals surface area contributed by atoms with Crippen LogP contribution in [0.3, 0.4) is 0 Å². The highest BCUT2D eigenvalue weighted by Crippen LogP contribution is 2.60. The van der Waals surface area contributed by atoms with E-state index in [0.717, 1.165) is 24.1 Å². The van der Waals surface area contributed by atoms with Gasteiger partial charge < -0.3 is 19.8 Å². The Morgan fingerprint density at radius 3 is 2.87 bits per heavy atom. The minimum absolute atomic E-state index is 0.00565. The Labute approximate surface area is 135 Å². The number of ketones is 1. The third-order valence-corrected chi connectivity index (χ3v) is 6.41. The van der Waals surface area contributed by atoms with Crippen molar-refractivity contribution in [1.29, 1.82) is 0 Å². The fourth-order valence-corrected chi connectivity index (χ4v) is 5.30. The molecule has 0 aromatic heterocycles. The fraction of sp³-hybridized carbons (Fsp3) is 0.611. The van der Waals surface area contributed by atoms with Crippen molar-refractivity contribution in [2.24, 2.45) is 0 Å². The summed E-state index contributed by atoms with van der Waals surface area (Å²) in [6.45, 7) is 0.832. The van der Waals surface area contributed by atoms with Crippen LogP contribution in [0.15, 0.2) is 12.1 Å². The number of phenolic OH excluding ortho intramolecular Hbond substituents is 1. The molecular weight excluding hydrogens is 294 g/mol. The molecule has 5 heteroatoms.